The summed E-state index contributed by atoms with van der Waals surface area (Å²) < 4.78 is 5.93. The Kier molecular flexibility index (Phi) is 7.04. The van der Waals surface area contributed by atoms with Crippen molar-refractivity contribution in [1.82, 2.24) is 9.97 Å². The van der Waals surface area contributed by atoms with Gasteiger partial charge in [0.1, 0.15) is 5.75 Å². The second-order valence-electron chi connectivity index (χ2n) is 7.73. The molecule has 0 aliphatic heterocycles. The van der Waals surface area contributed by atoms with Crippen LogP contribution in [0.2, 0.25) is 0 Å². The number of nitrogens with zero attached hydrogens (tertiary/aromatic N) is 2. The van der Waals surface area contributed by atoms with Crippen molar-refractivity contribution in [2.45, 2.75) is 65.2 Å². The van der Waals surface area contributed by atoms with Crippen molar-refractivity contribution >= 4 is 0 Å². The van der Waals surface area contributed by atoms with Gasteiger partial charge in [-0.15, -0.1) is 0 Å². The maximum absolute atomic E-state index is 5.93. The van der Waals surface area contributed by atoms with Crippen LogP contribution in [0.5, 0.6) is 5.75 Å². The Hall–Kier alpha value is -1.90. The van der Waals surface area contributed by atoms with Crippen LogP contribution in [0.15, 0.2) is 36.7 Å². The standard InChI is InChI=1S/C23H32N2O/c1-3-5-19-7-9-20(10-8-19)6-4-15-26-22-13-11-21(12-14-22)23-17-24-18(2)16-25-23/h11-14,16-17,19-20H,3-10,15H2,1-2H3/t19-,20-. The van der Waals surface area contributed by atoms with Crippen LogP contribution in [0, 0.1) is 18.8 Å². The first-order valence-corrected chi connectivity index (χ1v) is 10.3. The van der Waals surface area contributed by atoms with Crippen molar-refractivity contribution in [3.63, 3.8) is 0 Å². The molecule has 1 heterocycles. The molecule has 3 heteroatoms. The zero-order valence-corrected chi connectivity index (χ0v) is 16.3. The van der Waals surface area contributed by atoms with Crippen LogP contribution in [0.4, 0.5) is 0 Å². The summed E-state index contributed by atoms with van der Waals surface area (Å²) in [6, 6.07) is 8.19. The lowest BCUT2D eigenvalue weighted by Crippen LogP contribution is -2.15. The van der Waals surface area contributed by atoms with Crippen molar-refractivity contribution in [2.75, 3.05) is 6.61 Å². The molecule has 2 aromatic rings. The Morgan fingerprint density at radius 1 is 0.923 bits per heavy atom. The summed E-state index contributed by atoms with van der Waals surface area (Å²) >= 11 is 0. The predicted octanol–water partition coefficient (Wildman–Crippen LogP) is 6.22. The topological polar surface area (TPSA) is 35.0 Å². The average Bonchev–Trinajstić information content (AvgIpc) is 2.68. The SMILES string of the molecule is CCC[C@H]1CC[C@H](CCCOc2ccc(-c3cnc(C)cn3)cc2)CC1. The normalized spacial score (nSPS) is 20.1. The largest absolute Gasteiger partial charge is 0.494 e. The van der Waals surface area contributed by atoms with Gasteiger partial charge in [0.25, 0.3) is 0 Å². The van der Waals surface area contributed by atoms with Crippen LogP contribution in [-0.2, 0) is 0 Å². The summed E-state index contributed by atoms with van der Waals surface area (Å²) in [5, 5.41) is 0. The highest BCUT2D eigenvalue weighted by Gasteiger charge is 2.20. The molecule has 1 aromatic carbocycles. The monoisotopic (exact) mass is 352 g/mol. The molecule has 0 amide bonds. The summed E-state index contributed by atoms with van der Waals surface area (Å²) in [5.74, 6) is 2.87. The molecule has 0 unspecified atom stereocenters. The second kappa shape index (κ2) is 9.70. The van der Waals surface area contributed by atoms with Gasteiger partial charge in [0.2, 0.25) is 0 Å². The molecule has 1 aliphatic rings. The molecule has 1 saturated carbocycles. The first-order chi connectivity index (χ1) is 12.7. The third-order valence-electron chi connectivity index (χ3n) is 5.62. The number of rotatable bonds is 8. The van der Waals surface area contributed by atoms with E-state index in [1.165, 1.54) is 44.9 Å². The van der Waals surface area contributed by atoms with E-state index in [0.29, 0.717) is 0 Å². The zero-order valence-electron chi connectivity index (χ0n) is 16.3. The van der Waals surface area contributed by atoms with Gasteiger partial charge in [0.05, 0.1) is 24.2 Å². The van der Waals surface area contributed by atoms with E-state index in [-0.39, 0.29) is 0 Å². The van der Waals surface area contributed by atoms with Crippen LogP contribution in [0.3, 0.4) is 0 Å². The summed E-state index contributed by atoms with van der Waals surface area (Å²) in [4.78, 5) is 8.72. The van der Waals surface area contributed by atoms with Crippen molar-refractivity contribution < 1.29 is 4.74 Å². The molecule has 26 heavy (non-hydrogen) atoms. The minimum atomic E-state index is 0.818. The number of ether oxygens (including phenoxy) is 1. The third-order valence-corrected chi connectivity index (χ3v) is 5.62. The molecule has 0 radical (unpaired) electrons. The molecular formula is C23H32N2O. The molecule has 0 saturated heterocycles. The predicted molar refractivity (Wildman–Crippen MR) is 107 cm³/mol. The lowest BCUT2D eigenvalue weighted by Gasteiger charge is -2.28. The van der Waals surface area contributed by atoms with Gasteiger partial charge >= 0.3 is 0 Å². The average molecular weight is 353 g/mol. The summed E-state index contributed by atoms with van der Waals surface area (Å²) in [5.41, 5.74) is 2.92. The van der Waals surface area contributed by atoms with Gasteiger partial charge in [0.15, 0.2) is 0 Å². The maximum atomic E-state index is 5.93. The quantitative estimate of drug-likeness (QED) is 0.529. The van der Waals surface area contributed by atoms with Gasteiger partial charge < -0.3 is 4.74 Å². The molecule has 1 fully saturated rings. The van der Waals surface area contributed by atoms with Gasteiger partial charge in [-0.25, -0.2) is 0 Å². The minimum absolute atomic E-state index is 0.818. The van der Waals surface area contributed by atoms with Crippen LogP contribution >= 0.6 is 0 Å². The van der Waals surface area contributed by atoms with E-state index < -0.39 is 0 Å². The summed E-state index contributed by atoms with van der Waals surface area (Å²) in [6.07, 6.45) is 14.6. The number of hydrogen-bond donors (Lipinski definition) is 0. The molecule has 0 atom stereocenters. The van der Waals surface area contributed by atoms with E-state index in [9.17, 15) is 0 Å². The van der Waals surface area contributed by atoms with E-state index in [2.05, 4.69) is 29.0 Å². The van der Waals surface area contributed by atoms with E-state index in [1.807, 2.05) is 25.3 Å². The molecule has 3 rings (SSSR count). The molecular weight excluding hydrogens is 320 g/mol. The Bertz CT molecular complexity index is 643. The summed E-state index contributed by atoms with van der Waals surface area (Å²) in [6.45, 7) is 5.08. The first kappa shape index (κ1) is 18.9. The Morgan fingerprint density at radius 3 is 2.23 bits per heavy atom. The highest BCUT2D eigenvalue weighted by molar-refractivity contribution is 5.58. The fourth-order valence-electron chi connectivity index (χ4n) is 4.04. The fourth-order valence-corrected chi connectivity index (χ4v) is 4.04. The van der Waals surface area contributed by atoms with Gasteiger partial charge in [0, 0.05) is 11.8 Å². The number of aromatic nitrogens is 2. The van der Waals surface area contributed by atoms with Crippen molar-refractivity contribution in [1.29, 1.82) is 0 Å². The second-order valence-corrected chi connectivity index (χ2v) is 7.73. The number of hydrogen-bond acceptors (Lipinski definition) is 3. The van der Waals surface area contributed by atoms with Crippen LogP contribution in [-0.4, -0.2) is 16.6 Å². The van der Waals surface area contributed by atoms with Gasteiger partial charge in [-0.05, 0) is 55.9 Å². The van der Waals surface area contributed by atoms with E-state index >= 15 is 0 Å². The van der Waals surface area contributed by atoms with Crippen LogP contribution < -0.4 is 4.74 Å². The first-order valence-electron chi connectivity index (χ1n) is 10.3. The van der Waals surface area contributed by atoms with Crippen LogP contribution in [0.25, 0.3) is 11.3 Å². The zero-order chi connectivity index (χ0) is 18.2. The van der Waals surface area contributed by atoms with Crippen molar-refractivity contribution in [3.05, 3.63) is 42.4 Å². The lowest BCUT2D eigenvalue weighted by molar-refractivity contribution is 0.230. The van der Waals surface area contributed by atoms with E-state index in [4.69, 9.17) is 4.74 Å². The Labute approximate surface area is 158 Å². The minimum Gasteiger partial charge on any atom is -0.494 e. The van der Waals surface area contributed by atoms with E-state index in [1.54, 1.807) is 6.20 Å². The van der Waals surface area contributed by atoms with Crippen molar-refractivity contribution in [2.24, 2.45) is 11.8 Å². The molecule has 0 bridgehead atoms. The molecule has 0 N–H and O–H groups in total. The number of aryl methyl sites for hydroxylation is 1. The number of benzene rings is 1. The molecule has 1 aromatic heterocycles. The summed E-state index contributed by atoms with van der Waals surface area (Å²) in [7, 11) is 0. The van der Waals surface area contributed by atoms with Crippen molar-refractivity contribution in [3.8, 4) is 17.0 Å². The molecule has 140 valence electrons. The molecule has 3 nitrogen and oxygen atoms in total. The van der Waals surface area contributed by atoms with Gasteiger partial charge in [-0.3, -0.25) is 9.97 Å². The smallest absolute Gasteiger partial charge is 0.119 e. The fraction of sp³-hybridized carbons (Fsp3) is 0.565. The lowest BCUT2D eigenvalue weighted by atomic mass is 9.78. The maximum Gasteiger partial charge on any atom is 0.119 e. The van der Waals surface area contributed by atoms with Gasteiger partial charge in [-0.1, -0.05) is 45.4 Å². The molecule has 0 spiro atoms. The Morgan fingerprint density at radius 2 is 1.62 bits per heavy atom. The van der Waals surface area contributed by atoms with Crippen LogP contribution in [0.1, 0.15) is 64.0 Å². The third kappa shape index (κ3) is 5.55. The van der Waals surface area contributed by atoms with E-state index in [0.717, 1.165) is 47.6 Å². The Balaban J connectivity index is 1.37. The highest BCUT2D eigenvalue weighted by atomic mass is 16.5. The van der Waals surface area contributed by atoms with Gasteiger partial charge in [-0.2, -0.15) is 0 Å². The molecule has 1 aliphatic carbocycles. The highest BCUT2D eigenvalue weighted by Crippen LogP contribution is 2.33.